The Labute approximate surface area is 51.8 Å². The minimum atomic E-state index is -1.42. The molecule has 8 heteroatoms. The zero-order valence-electron chi connectivity index (χ0n) is 3.75. The van der Waals surface area contributed by atoms with Gasteiger partial charge in [0.15, 0.2) is 0 Å². The molecule has 0 bridgehead atoms. The van der Waals surface area contributed by atoms with E-state index in [0.717, 1.165) is 0 Å². The second kappa shape index (κ2) is 77.9. The van der Waals surface area contributed by atoms with E-state index in [-0.39, 0.29) is 0 Å². The van der Waals surface area contributed by atoms with E-state index in [1.165, 1.54) is 0 Å². The molecule has 0 aromatic rings. The van der Waals surface area contributed by atoms with E-state index in [9.17, 15) is 0 Å². The van der Waals surface area contributed by atoms with Crippen LogP contribution >= 0.6 is 0 Å². The van der Waals surface area contributed by atoms with E-state index in [0.29, 0.717) is 10.1 Å². The van der Waals surface area contributed by atoms with Crippen LogP contribution in [0.5, 0.6) is 0 Å². The SMILES string of the molecule is O=[SiH2].O=[Si]=O.O=[Si]=O. The fourth-order valence-electron chi connectivity index (χ4n) is 0. The Bertz CT molecular complexity index is 71.8. The summed E-state index contributed by atoms with van der Waals surface area (Å²) in [5.41, 5.74) is 0. The molecule has 0 aliphatic rings. The van der Waals surface area contributed by atoms with Gasteiger partial charge in [0.1, 0.15) is 0 Å². The Kier molecular flexibility index (Phi) is 152. The third-order valence-electron chi connectivity index (χ3n) is 0. The fourth-order valence-corrected chi connectivity index (χ4v) is 0. The van der Waals surface area contributed by atoms with Crippen molar-refractivity contribution in [2.45, 2.75) is 0 Å². The van der Waals surface area contributed by atoms with Crippen molar-refractivity contribution >= 4 is 28.7 Å². The first-order valence-electron chi connectivity index (χ1n) is 1.11. The van der Waals surface area contributed by atoms with Gasteiger partial charge < -0.3 is 4.46 Å². The molecule has 0 fully saturated rings. The number of hydrogen-bond acceptors (Lipinski definition) is 5. The van der Waals surface area contributed by atoms with Crippen molar-refractivity contribution in [1.29, 1.82) is 0 Å². The van der Waals surface area contributed by atoms with Crippen LogP contribution in [0, 0.1) is 0 Å². The Morgan fingerprint density at radius 2 is 0.750 bits per heavy atom. The predicted molar refractivity (Wildman–Crippen MR) is 23.5 cm³/mol. The Balaban J connectivity index is -0.0000000483. The van der Waals surface area contributed by atoms with Gasteiger partial charge in [0.25, 0.3) is 0 Å². The molecule has 0 saturated carbocycles. The number of hydrogen-bond donors (Lipinski definition) is 0. The molecule has 0 heterocycles. The summed E-state index contributed by atoms with van der Waals surface area (Å²) in [7, 11) is -2.22. The lowest BCUT2D eigenvalue weighted by Gasteiger charge is -0.944. The van der Waals surface area contributed by atoms with Crippen molar-refractivity contribution in [3.63, 3.8) is 0 Å². The molecule has 44 valence electrons. The van der Waals surface area contributed by atoms with Gasteiger partial charge >= 0.3 is 18.6 Å². The van der Waals surface area contributed by atoms with E-state index < -0.39 is 18.6 Å². The molecule has 0 aromatic heterocycles. The van der Waals surface area contributed by atoms with Crippen molar-refractivity contribution in [1.82, 2.24) is 0 Å². The summed E-state index contributed by atoms with van der Waals surface area (Å²) < 4.78 is 41.9. The summed E-state index contributed by atoms with van der Waals surface area (Å²) in [6.07, 6.45) is 0. The van der Waals surface area contributed by atoms with Crippen LogP contribution in [-0.2, 0) is 22.3 Å². The molecule has 0 amide bonds. The summed E-state index contributed by atoms with van der Waals surface area (Å²) in [6, 6.07) is 0. The van der Waals surface area contributed by atoms with Crippen molar-refractivity contribution < 1.29 is 22.3 Å². The van der Waals surface area contributed by atoms with Gasteiger partial charge in [-0.05, 0) is 0 Å². The van der Waals surface area contributed by atoms with Crippen LogP contribution in [0.4, 0.5) is 0 Å². The molecule has 0 N–H and O–H groups in total. The van der Waals surface area contributed by atoms with E-state index in [1.807, 2.05) is 0 Å². The Hall–Kier alpha value is -0.349. The Morgan fingerprint density at radius 3 is 0.750 bits per heavy atom. The molecular formula is H2O5Si3. The van der Waals surface area contributed by atoms with Gasteiger partial charge in [0, 0.05) is 0 Å². The van der Waals surface area contributed by atoms with Crippen LogP contribution in [-0.4, -0.2) is 28.7 Å². The summed E-state index contributed by atoms with van der Waals surface area (Å²) in [5.74, 6) is 0. The van der Waals surface area contributed by atoms with Crippen LogP contribution in [0.2, 0.25) is 0 Å². The molecule has 0 aliphatic carbocycles. The number of rotatable bonds is 0. The lowest BCUT2D eigenvalue weighted by atomic mass is 15.9. The van der Waals surface area contributed by atoms with Gasteiger partial charge in [-0.3, -0.25) is 17.8 Å². The Morgan fingerprint density at radius 1 is 0.750 bits per heavy atom. The average Bonchev–Trinajstić information content (AvgIpc) is 1.75. The third kappa shape index (κ3) is 1000. The summed E-state index contributed by atoms with van der Waals surface area (Å²) >= 11 is 0. The lowest BCUT2D eigenvalue weighted by molar-refractivity contribution is 0.496. The molecule has 0 aliphatic heterocycles. The first-order chi connectivity index (χ1) is 3.83. The van der Waals surface area contributed by atoms with Crippen molar-refractivity contribution in [2.24, 2.45) is 0 Å². The summed E-state index contributed by atoms with van der Waals surface area (Å²) in [6.45, 7) is 0. The summed E-state index contributed by atoms with van der Waals surface area (Å²) in [5, 5.41) is 0. The molecule has 0 rings (SSSR count). The van der Waals surface area contributed by atoms with E-state index in [2.05, 4.69) is 0 Å². The maximum absolute atomic E-state index is 8.40. The van der Waals surface area contributed by atoms with Crippen LogP contribution in [0.25, 0.3) is 0 Å². The lowest BCUT2D eigenvalue weighted by Crippen LogP contribution is -1.26. The monoisotopic (exact) mass is 166 g/mol. The minimum Gasteiger partial charge on any atom is -0.396 e. The largest absolute Gasteiger partial charge is 0.549 e. The maximum Gasteiger partial charge on any atom is 0.549 e. The molecule has 5 nitrogen and oxygen atoms in total. The van der Waals surface area contributed by atoms with Crippen molar-refractivity contribution in [3.05, 3.63) is 0 Å². The molecule has 0 unspecified atom stereocenters. The molecule has 0 saturated heterocycles. The van der Waals surface area contributed by atoms with Crippen LogP contribution in [0.1, 0.15) is 0 Å². The predicted octanol–water partition coefficient (Wildman–Crippen LogP) is -2.27. The molecule has 8 heavy (non-hydrogen) atoms. The highest BCUT2D eigenvalue weighted by Crippen LogP contribution is 0.762. The van der Waals surface area contributed by atoms with Crippen LogP contribution in [0.3, 0.4) is 0 Å². The molecule has 0 aromatic carbocycles. The molecule has 0 radical (unpaired) electrons. The van der Waals surface area contributed by atoms with Gasteiger partial charge in [-0.2, -0.15) is 0 Å². The second-order valence-corrected chi connectivity index (χ2v) is 0.500. The van der Waals surface area contributed by atoms with E-state index in [4.69, 9.17) is 22.3 Å². The van der Waals surface area contributed by atoms with Crippen molar-refractivity contribution in [3.8, 4) is 0 Å². The fraction of sp³-hybridized carbons (Fsp3) is 0. The minimum absolute atomic E-state index is 0.611. The highest BCUT2D eigenvalue weighted by Gasteiger charge is 1.22. The smallest absolute Gasteiger partial charge is 0.396 e. The van der Waals surface area contributed by atoms with E-state index in [1.54, 1.807) is 0 Å². The van der Waals surface area contributed by atoms with Gasteiger partial charge in [0.05, 0.1) is 0 Å². The maximum atomic E-state index is 8.40. The molecule has 0 spiro atoms. The standard InChI is InChI=1S/2O2Si.H2OSi/c2*1-3-2;1-2/h;;2H2. The quantitative estimate of drug-likeness (QED) is 0.379. The molecular weight excluding hydrogens is 164 g/mol. The highest BCUT2D eigenvalue weighted by molar-refractivity contribution is 5.95. The van der Waals surface area contributed by atoms with Crippen LogP contribution in [0.15, 0.2) is 0 Å². The zero-order valence-corrected chi connectivity index (χ0v) is 7.16. The van der Waals surface area contributed by atoms with E-state index >= 15 is 0 Å². The van der Waals surface area contributed by atoms with Gasteiger partial charge in [-0.25, -0.2) is 0 Å². The van der Waals surface area contributed by atoms with Gasteiger partial charge in [0.2, 0.25) is 10.1 Å². The van der Waals surface area contributed by atoms with Gasteiger partial charge in [-0.1, -0.05) is 0 Å². The average molecular weight is 166 g/mol. The summed E-state index contributed by atoms with van der Waals surface area (Å²) in [4.78, 5) is 0. The third-order valence-corrected chi connectivity index (χ3v) is 0. The van der Waals surface area contributed by atoms with Crippen LogP contribution < -0.4 is 0 Å². The normalized spacial score (nSPS) is 2.50. The second-order valence-electron chi connectivity index (χ2n) is 0.167. The first kappa shape index (κ1) is 15.6. The highest BCUT2D eigenvalue weighted by atomic mass is 28.2. The topological polar surface area (TPSA) is 85.3 Å². The van der Waals surface area contributed by atoms with Crippen molar-refractivity contribution in [2.75, 3.05) is 0 Å². The zero-order chi connectivity index (χ0) is 7.41. The molecule has 0 atom stereocenters. The first-order valence-corrected chi connectivity index (χ1v) is 3.32. The van der Waals surface area contributed by atoms with Gasteiger partial charge in [-0.15, -0.1) is 0 Å².